The van der Waals surface area contributed by atoms with Crippen molar-refractivity contribution in [3.63, 3.8) is 0 Å². The van der Waals surface area contributed by atoms with Crippen molar-refractivity contribution in [1.29, 1.82) is 0 Å². The Bertz CT molecular complexity index is 1890. The van der Waals surface area contributed by atoms with Crippen molar-refractivity contribution < 1.29 is 18.0 Å². The number of fused-ring (bicyclic) bond motifs is 2. The lowest BCUT2D eigenvalue weighted by atomic mass is 10.0. The van der Waals surface area contributed by atoms with E-state index in [1.165, 1.54) is 15.5 Å². The maximum absolute atomic E-state index is 14.2. The maximum Gasteiger partial charge on any atom is 0.435 e. The van der Waals surface area contributed by atoms with Gasteiger partial charge in [0.25, 0.3) is 11.5 Å². The van der Waals surface area contributed by atoms with E-state index < -0.39 is 17.8 Å². The number of aromatic nitrogens is 3. The van der Waals surface area contributed by atoms with Gasteiger partial charge in [0.05, 0.1) is 5.69 Å². The van der Waals surface area contributed by atoms with Gasteiger partial charge in [-0.2, -0.15) is 18.3 Å². The number of carbonyl (C=O) groups excluding carboxylic acids is 1. The highest BCUT2D eigenvalue weighted by Gasteiger charge is 2.43. The lowest BCUT2D eigenvalue weighted by Gasteiger charge is -2.28. The third-order valence-corrected chi connectivity index (χ3v) is 8.07. The van der Waals surface area contributed by atoms with E-state index in [4.69, 9.17) is 0 Å². The zero-order valence-electron chi connectivity index (χ0n) is 23.0. The van der Waals surface area contributed by atoms with Crippen LogP contribution in [0.2, 0.25) is 0 Å². The van der Waals surface area contributed by atoms with Gasteiger partial charge >= 0.3 is 6.18 Å². The molecule has 0 saturated carbocycles. The van der Waals surface area contributed by atoms with Crippen LogP contribution in [0.3, 0.4) is 0 Å². The predicted octanol–water partition coefficient (Wildman–Crippen LogP) is 5.81. The number of hydrogen-bond donors (Lipinski definition) is 0. The molecule has 0 N–H and O–H groups in total. The third-order valence-electron chi connectivity index (χ3n) is 8.07. The molecule has 2 aromatic heterocycles. The Labute approximate surface area is 245 Å². The molecule has 0 aliphatic carbocycles. The van der Waals surface area contributed by atoms with Gasteiger partial charge in [-0.1, -0.05) is 42.5 Å². The average Bonchev–Trinajstić information content (AvgIpc) is 3.60. The molecule has 7 nitrogen and oxygen atoms in total. The summed E-state index contributed by atoms with van der Waals surface area (Å²) < 4.78 is 45.2. The molecule has 2 aliphatic heterocycles. The van der Waals surface area contributed by atoms with E-state index in [-0.39, 0.29) is 29.8 Å². The van der Waals surface area contributed by atoms with Crippen molar-refractivity contribution in [3.05, 3.63) is 136 Å². The van der Waals surface area contributed by atoms with Crippen LogP contribution in [0.15, 0.2) is 102 Å². The van der Waals surface area contributed by atoms with Crippen LogP contribution in [0.1, 0.15) is 32.9 Å². The molecule has 5 aromatic rings. The quantitative estimate of drug-likeness (QED) is 0.263. The molecule has 10 heteroatoms. The van der Waals surface area contributed by atoms with Gasteiger partial charge in [0.2, 0.25) is 0 Å². The first kappa shape index (κ1) is 26.8. The summed E-state index contributed by atoms with van der Waals surface area (Å²) in [6, 6.07) is 27.1. The van der Waals surface area contributed by atoms with Gasteiger partial charge in [0.1, 0.15) is 5.69 Å². The summed E-state index contributed by atoms with van der Waals surface area (Å²) in [5.41, 5.74) is 3.27. The van der Waals surface area contributed by atoms with Gasteiger partial charge < -0.3 is 9.80 Å². The number of amides is 1. The SMILES string of the molecule is O=C1c2c(c(C(F)(F)F)nn2-c2ccc3c(c2)N(Cc2ccccc2)CC3)CCN1c1ccc(-n2ccccc2=O)cc1. The number of benzene rings is 3. The number of carbonyl (C=O) groups is 1. The minimum Gasteiger partial charge on any atom is -0.367 e. The van der Waals surface area contributed by atoms with E-state index >= 15 is 0 Å². The van der Waals surface area contributed by atoms with Gasteiger partial charge in [-0.05, 0) is 66.4 Å². The molecule has 7 rings (SSSR count). The number of anilines is 2. The van der Waals surface area contributed by atoms with Gasteiger partial charge in [0, 0.05) is 54.5 Å². The smallest absolute Gasteiger partial charge is 0.367 e. The highest BCUT2D eigenvalue weighted by Crippen LogP contribution is 2.38. The van der Waals surface area contributed by atoms with Crippen LogP contribution in [0.4, 0.5) is 24.5 Å². The summed E-state index contributed by atoms with van der Waals surface area (Å²) in [6.07, 6.45) is -2.24. The van der Waals surface area contributed by atoms with Crippen molar-refractivity contribution in [2.45, 2.75) is 25.6 Å². The second kappa shape index (κ2) is 10.3. The Hall–Kier alpha value is -5.12. The van der Waals surface area contributed by atoms with E-state index in [1.807, 2.05) is 42.5 Å². The fourth-order valence-electron chi connectivity index (χ4n) is 5.99. The Balaban J connectivity index is 1.26. The largest absolute Gasteiger partial charge is 0.435 e. The summed E-state index contributed by atoms with van der Waals surface area (Å²) >= 11 is 0. The fraction of sp³-hybridized carbons (Fsp3) is 0.182. The number of hydrogen-bond acceptors (Lipinski definition) is 4. The summed E-state index contributed by atoms with van der Waals surface area (Å²) in [6.45, 7) is 1.52. The van der Waals surface area contributed by atoms with Crippen molar-refractivity contribution in [2.75, 3.05) is 22.9 Å². The fourth-order valence-corrected chi connectivity index (χ4v) is 5.99. The minimum atomic E-state index is -4.71. The van der Waals surface area contributed by atoms with E-state index in [0.717, 1.165) is 34.5 Å². The molecule has 216 valence electrons. The molecule has 2 aliphatic rings. The van der Waals surface area contributed by atoms with Gasteiger partial charge in [-0.3, -0.25) is 14.2 Å². The first-order chi connectivity index (χ1) is 20.8. The zero-order chi connectivity index (χ0) is 29.7. The van der Waals surface area contributed by atoms with Gasteiger partial charge in [0.15, 0.2) is 5.69 Å². The normalized spacial score (nSPS) is 14.6. The molecule has 1 amide bonds. The van der Waals surface area contributed by atoms with E-state index in [9.17, 15) is 22.8 Å². The van der Waals surface area contributed by atoms with Crippen molar-refractivity contribution >= 4 is 17.3 Å². The molecular formula is C33H26F3N5O2. The summed E-state index contributed by atoms with van der Waals surface area (Å²) in [5, 5.41) is 4.00. The van der Waals surface area contributed by atoms with Crippen LogP contribution in [0, 0.1) is 0 Å². The maximum atomic E-state index is 14.2. The molecule has 0 saturated heterocycles. The lowest BCUT2D eigenvalue weighted by Crippen LogP contribution is -2.39. The number of rotatable bonds is 5. The van der Waals surface area contributed by atoms with Crippen LogP contribution in [0.25, 0.3) is 11.4 Å². The Morgan fingerprint density at radius 2 is 1.49 bits per heavy atom. The number of alkyl halides is 3. The average molecular weight is 582 g/mol. The standard InChI is InChI=1S/C33H26F3N5O2/c34-33(35,36)31-27-16-19-40(25-13-11-24(12-14-25)39-17-5-4-8-29(39)42)32(43)30(27)41(37-31)26-10-9-23-15-18-38(28(23)20-26)21-22-6-2-1-3-7-22/h1-14,17,20H,15-16,18-19,21H2. The van der Waals surface area contributed by atoms with Crippen molar-refractivity contribution in [2.24, 2.45) is 0 Å². The highest BCUT2D eigenvalue weighted by molar-refractivity contribution is 6.07. The van der Waals surface area contributed by atoms with Crippen LogP contribution in [0.5, 0.6) is 0 Å². The molecule has 0 bridgehead atoms. The Kier molecular flexibility index (Phi) is 6.41. The summed E-state index contributed by atoms with van der Waals surface area (Å²) in [5.74, 6) is -0.560. The second-order valence-electron chi connectivity index (χ2n) is 10.7. The molecule has 4 heterocycles. The molecular weight excluding hydrogens is 555 g/mol. The second-order valence-corrected chi connectivity index (χ2v) is 10.7. The molecule has 0 radical (unpaired) electrons. The summed E-state index contributed by atoms with van der Waals surface area (Å²) in [4.78, 5) is 29.8. The van der Waals surface area contributed by atoms with E-state index in [2.05, 4.69) is 10.00 Å². The Morgan fingerprint density at radius 3 is 2.23 bits per heavy atom. The van der Waals surface area contributed by atoms with Crippen LogP contribution < -0.4 is 15.4 Å². The van der Waals surface area contributed by atoms with Crippen molar-refractivity contribution in [3.8, 4) is 11.4 Å². The first-order valence-electron chi connectivity index (χ1n) is 14.0. The zero-order valence-corrected chi connectivity index (χ0v) is 23.0. The molecule has 0 spiro atoms. The van der Waals surface area contributed by atoms with Gasteiger partial charge in [-0.15, -0.1) is 0 Å². The Morgan fingerprint density at radius 1 is 0.767 bits per heavy atom. The minimum absolute atomic E-state index is 0.000877. The van der Waals surface area contributed by atoms with Crippen molar-refractivity contribution in [1.82, 2.24) is 14.3 Å². The number of nitrogens with zero attached hydrogens (tertiary/aromatic N) is 5. The van der Waals surface area contributed by atoms with Crippen LogP contribution in [-0.4, -0.2) is 33.3 Å². The lowest BCUT2D eigenvalue weighted by molar-refractivity contribution is -0.141. The van der Waals surface area contributed by atoms with Crippen LogP contribution >= 0.6 is 0 Å². The summed E-state index contributed by atoms with van der Waals surface area (Å²) in [7, 11) is 0. The van der Waals surface area contributed by atoms with E-state index in [1.54, 1.807) is 48.7 Å². The van der Waals surface area contributed by atoms with E-state index in [0.29, 0.717) is 23.6 Å². The molecule has 3 aromatic carbocycles. The van der Waals surface area contributed by atoms with Gasteiger partial charge in [-0.25, -0.2) is 4.68 Å². The number of halogens is 3. The molecule has 0 atom stereocenters. The molecule has 0 fully saturated rings. The predicted molar refractivity (Wildman–Crippen MR) is 157 cm³/mol. The topological polar surface area (TPSA) is 63.4 Å². The number of pyridine rings is 1. The van der Waals surface area contributed by atoms with Crippen LogP contribution in [-0.2, 0) is 25.6 Å². The molecule has 43 heavy (non-hydrogen) atoms. The highest BCUT2D eigenvalue weighted by atomic mass is 19.4. The monoisotopic (exact) mass is 581 g/mol. The molecule has 0 unspecified atom stereocenters. The third kappa shape index (κ3) is 4.78. The first-order valence-corrected chi connectivity index (χ1v) is 14.0.